The van der Waals surface area contributed by atoms with Crippen LogP contribution in [0.3, 0.4) is 0 Å². The number of aromatic nitrogens is 1. The van der Waals surface area contributed by atoms with E-state index in [1.165, 1.54) is 6.07 Å². The molecule has 2 aromatic rings. The number of nitrogens with zero attached hydrogens (tertiary/aromatic N) is 2. The highest BCUT2D eigenvalue weighted by Gasteiger charge is 2.15. The maximum Gasteiger partial charge on any atom is 0.265 e. The van der Waals surface area contributed by atoms with E-state index in [1.807, 2.05) is 6.07 Å². The Kier molecular flexibility index (Phi) is 5.91. The largest absolute Gasteiger partial charge is 0.479 e. The topological polar surface area (TPSA) is 55.0 Å². The fourth-order valence-corrected chi connectivity index (χ4v) is 2.92. The van der Waals surface area contributed by atoms with Crippen LogP contribution in [0.15, 0.2) is 44.1 Å². The highest BCUT2D eigenvalue weighted by molar-refractivity contribution is 9.10. The molecular formula is C15H10Br2F2N2O2. The molecule has 4 nitrogen and oxygen atoms in total. The first kappa shape index (κ1) is 17.6. The van der Waals surface area contributed by atoms with Crippen LogP contribution in [0.1, 0.15) is 0 Å². The number of hydrogen-bond donors (Lipinski definition) is 0. The van der Waals surface area contributed by atoms with Gasteiger partial charge in [0.15, 0.2) is 6.61 Å². The first-order valence-electron chi connectivity index (χ1n) is 6.41. The Balaban J connectivity index is 2.52. The standard InChI is InChI=1S/C15H10Br2F2N2O2/c16-11-3-4-13(21(15(11)22)8-14(18)19)10-2-1-9(7-12(10)17)23-6-5-20/h1-4,7,14H,6,8H2. The van der Waals surface area contributed by atoms with Crippen molar-refractivity contribution in [3.05, 3.63) is 49.6 Å². The van der Waals surface area contributed by atoms with Gasteiger partial charge in [0.2, 0.25) is 0 Å². The summed E-state index contributed by atoms with van der Waals surface area (Å²) in [4.78, 5) is 12.1. The number of nitriles is 1. The van der Waals surface area contributed by atoms with Crippen LogP contribution in [0, 0.1) is 11.3 Å². The monoisotopic (exact) mass is 446 g/mol. The first-order chi connectivity index (χ1) is 10.9. The summed E-state index contributed by atoms with van der Waals surface area (Å²) in [6.45, 7) is -0.799. The summed E-state index contributed by atoms with van der Waals surface area (Å²) >= 11 is 6.40. The van der Waals surface area contributed by atoms with Crippen LogP contribution in [0.2, 0.25) is 0 Å². The maximum atomic E-state index is 12.8. The molecule has 0 saturated carbocycles. The van der Waals surface area contributed by atoms with Crippen molar-refractivity contribution in [2.45, 2.75) is 13.0 Å². The molecule has 1 aromatic heterocycles. The Hall–Kier alpha value is -1.72. The minimum absolute atomic E-state index is 0.0971. The molecule has 0 aliphatic rings. The predicted octanol–water partition coefficient (Wildman–Crippen LogP) is 4.21. The molecule has 0 fully saturated rings. The lowest BCUT2D eigenvalue weighted by molar-refractivity contribution is 0.126. The van der Waals surface area contributed by atoms with Gasteiger partial charge in [-0.3, -0.25) is 4.79 Å². The van der Waals surface area contributed by atoms with E-state index in [-0.39, 0.29) is 11.1 Å². The molecule has 0 N–H and O–H groups in total. The summed E-state index contributed by atoms with van der Waals surface area (Å²) in [5.74, 6) is 0.460. The molecule has 0 aliphatic carbocycles. The second kappa shape index (κ2) is 7.70. The SMILES string of the molecule is N#CCOc1ccc(-c2ccc(Br)c(=O)n2CC(F)F)c(Br)c1. The molecule has 0 spiro atoms. The zero-order valence-electron chi connectivity index (χ0n) is 11.6. The number of rotatable bonds is 5. The van der Waals surface area contributed by atoms with Gasteiger partial charge in [-0.25, -0.2) is 8.78 Å². The van der Waals surface area contributed by atoms with Gasteiger partial charge < -0.3 is 9.30 Å². The van der Waals surface area contributed by atoms with Crippen molar-refractivity contribution in [3.8, 4) is 23.1 Å². The van der Waals surface area contributed by atoms with Gasteiger partial charge in [-0.15, -0.1) is 0 Å². The van der Waals surface area contributed by atoms with Gasteiger partial charge in [0.05, 0.1) is 16.7 Å². The average molecular weight is 448 g/mol. The Morgan fingerprint density at radius 1 is 1.22 bits per heavy atom. The Morgan fingerprint density at radius 2 is 1.96 bits per heavy atom. The van der Waals surface area contributed by atoms with Crippen LogP contribution in [0.5, 0.6) is 5.75 Å². The lowest BCUT2D eigenvalue weighted by atomic mass is 10.1. The predicted molar refractivity (Wildman–Crippen MR) is 88.7 cm³/mol. The van der Waals surface area contributed by atoms with E-state index < -0.39 is 18.5 Å². The van der Waals surface area contributed by atoms with Gasteiger partial charge in [-0.1, -0.05) is 0 Å². The van der Waals surface area contributed by atoms with E-state index in [0.29, 0.717) is 21.5 Å². The van der Waals surface area contributed by atoms with Crippen molar-refractivity contribution in [2.75, 3.05) is 6.61 Å². The van der Waals surface area contributed by atoms with Crippen molar-refractivity contribution in [3.63, 3.8) is 0 Å². The summed E-state index contributed by atoms with van der Waals surface area (Å²) in [6, 6.07) is 9.83. The molecule has 1 aromatic carbocycles. The average Bonchev–Trinajstić information content (AvgIpc) is 2.50. The van der Waals surface area contributed by atoms with Gasteiger partial charge in [0, 0.05) is 10.0 Å². The summed E-state index contributed by atoms with van der Waals surface area (Å²) in [6.07, 6.45) is -2.65. The van der Waals surface area contributed by atoms with Crippen molar-refractivity contribution in [2.24, 2.45) is 0 Å². The van der Waals surface area contributed by atoms with Crippen LogP contribution in [-0.4, -0.2) is 17.6 Å². The first-order valence-corrected chi connectivity index (χ1v) is 7.99. The second-order valence-corrected chi connectivity index (χ2v) is 6.17. The van der Waals surface area contributed by atoms with Gasteiger partial charge in [0.25, 0.3) is 12.0 Å². The number of hydrogen-bond acceptors (Lipinski definition) is 3. The van der Waals surface area contributed by atoms with Crippen LogP contribution >= 0.6 is 31.9 Å². The molecule has 8 heteroatoms. The molecule has 0 aliphatic heterocycles. The minimum Gasteiger partial charge on any atom is -0.479 e. The molecule has 0 amide bonds. The molecule has 0 atom stereocenters. The normalized spacial score (nSPS) is 10.6. The number of pyridine rings is 1. The number of benzene rings is 1. The highest BCUT2D eigenvalue weighted by Crippen LogP contribution is 2.31. The number of ether oxygens (including phenoxy) is 1. The quantitative estimate of drug-likeness (QED) is 0.689. The second-order valence-electron chi connectivity index (χ2n) is 4.46. The fraction of sp³-hybridized carbons (Fsp3) is 0.200. The molecule has 0 bridgehead atoms. The van der Waals surface area contributed by atoms with Crippen LogP contribution in [-0.2, 0) is 6.54 Å². The summed E-state index contributed by atoms with van der Waals surface area (Å²) < 4.78 is 32.6. The van der Waals surface area contributed by atoms with Crippen LogP contribution in [0.25, 0.3) is 11.3 Å². The molecule has 1 heterocycles. The van der Waals surface area contributed by atoms with Crippen molar-refractivity contribution < 1.29 is 13.5 Å². The van der Waals surface area contributed by atoms with E-state index in [2.05, 4.69) is 31.9 Å². The third-order valence-electron chi connectivity index (χ3n) is 2.97. The molecule has 0 radical (unpaired) electrons. The smallest absolute Gasteiger partial charge is 0.265 e. The lowest BCUT2D eigenvalue weighted by Gasteiger charge is -2.15. The number of halogens is 4. The molecule has 0 saturated heterocycles. The van der Waals surface area contributed by atoms with E-state index in [4.69, 9.17) is 10.00 Å². The van der Waals surface area contributed by atoms with Crippen molar-refractivity contribution >= 4 is 31.9 Å². The third-order valence-corrected chi connectivity index (χ3v) is 4.23. The zero-order chi connectivity index (χ0) is 17.0. The third kappa shape index (κ3) is 4.18. The van der Waals surface area contributed by atoms with E-state index in [0.717, 1.165) is 4.57 Å². The Labute approximate surface area is 147 Å². The summed E-state index contributed by atoms with van der Waals surface area (Å²) in [5, 5.41) is 8.51. The van der Waals surface area contributed by atoms with Gasteiger partial charge in [-0.05, 0) is 62.2 Å². The fourth-order valence-electron chi connectivity index (χ4n) is 2.02. The number of alkyl halides is 2. The van der Waals surface area contributed by atoms with Crippen molar-refractivity contribution in [1.29, 1.82) is 5.26 Å². The molecule has 0 unspecified atom stereocenters. The van der Waals surface area contributed by atoms with E-state index in [9.17, 15) is 13.6 Å². The molecule has 120 valence electrons. The van der Waals surface area contributed by atoms with Gasteiger partial charge in [0.1, 0.15) is 11.8 Å². The van der Waals surface area contributed by atoms with Crippen LogP contribution < -0.4 is 10.3 Å². The van der Waals surface area contributed by atoms with Gasteiger partial charge >= 0.3 is 0 Å². The highest BCUT2D eigenvalue weighted by atomic mass is 79.9. The Bertz CT molecular complexity index is 816. The molecule has 2 rings (SSSR count). The molecular weight excluding hydrogens is 438 g/mol. The molecule has 23 heavy (non-hydrogen) atoms. The zero-order valence-corrected chi connectivity index (χ0v) is 14.8. The summed E-state index contributed by atoms with van der Waals surface area (Å²) in [7, 11) is 0. The summed E-state index contributed by atoms with van der Waals surface area (Å²) in [5.41, 5.74) is 0.399. The van der Waals surface area contributed by atoms with E-state index in [1.54, 1.807) is 24.3 Å². The van der Waals surface area contributed by atoms with E-state index >= 15 is 0 Å². The van der Waals surface area contributed by atoms with Crippen molar-refractivity contribution in [1.82, 2.24) is 4.57 Å². The maximum absolute atomic E-state index is 12.8. The Morgan fingerprint density at radius 3 is 2.57 bits per heavy atom. The minimum atomic E-state index is -2.65. The lowest BCUT2D eigenvalue weighted by Crippen LogP contribution is -2.25. The van der Waals surface area contributed by atoms with Crippen LogP contribution in [0.4, 0.5) is 8.78 Å². The van der Waals surface area contributed by atoms with Gasteiger partial charge in [-0.2, -0.15) is 5.26 Å².